The molecule has 0 aliphatic heterocycles. The van der Waals surface area contributed by atoms with E-state index in [1.54, 1.807) is 19.1 Å². The summed E-state index contributed by atoms with van der Waals surface area (Å²) in [6.07, 6.45) is 1.47. The minimum absolute atomic E-state index is 0.112. The van der Waals surface area contributed by atoms with Gasteiger partial charge >= 0.3 is 6.09 Å². The summed E-state index contributed by atoms with van der Waals surface area (Å²) >= 11 is 1.27. The van der Waals surface area contributed by atoms with E-state index in [9.17, 15) is 9.18 Å². The summed E-state index contributed by atoms with van der Waals surface area (Å²) in [6, 6.07) is 8.21. The Kier molecular flexibility index (Phi) is 8.31. The highest BCUT2D eigenvalue weighted by molar-refractivity contribution is 7.21. The molecule has 4 aromatic heterocycles. The van der Waals surface area contributed by atoms with E-state index in [1.807, 2.05) is 19.1 Å². The van der Waals surface area contributed by atoms with Crippen molar-refractivity contribution in [3.05, 3.63) is 54.1 Å². The number of anilines is 1. The van der Waals surface area contributed by atoms with Gasteiger partial charge in [0.25, 0.3) is 5.88 Å². The van der Waals surface area contributed by atoms with Crippen LogP contribution in [0, 0.1) is 12.7 Å². The van der Waals surface area contributed by atoms with Crippen molar-refractivity contribution >= 4 is 44.5 Å². The summed E-state index contributed by atoms with van der Waals surface area (Å²) in [5.41, 5.74) is 3.74. The first-order chi connectivity index (χ1) is 19.8. The van der Waals surface area contributed by atoms with Crippen LogP contribution in [0.15, 0.2) is 42.7 Å². The predicted octanol–water partition coefficient (Wildman–Crippen LogP) is 4.54. The molecule has 1 atom stereocenters. The lowest BCUT2D eigenvalue weighted by Crippen LogP contribution is -2.24. The highest BCUT2D eigenvalue weighted by Gasteiger charge is 2.19. The lowest BCUT2D eigenvalue weighted by molar-refractivity contribution is 0.0941. The molecule has 0 spiro atoms. The van der Waals surface area contributed by atoms with Gasteiger partial charge in [0, 0.05) is 17.7 Å². The molecule has 1 aromatic carbocycles. The van der Waals surface area contributed by atoms with Gasteiger partial charge in [-0.2, -0.15) is 4.98 Å². The molecule has 1 amide bonds. The molecule has 2 N–H and O–H groups in total. The van der Waals surface area contributed by atoms with Crippen molar-refractivity contribution in [2.24, 2.45) is 0 Å². The fourth-order valence-corrected chi connectivity index (χ4v) is 4.72. The van der Waals surface area contributed by atoms with Gasteiger partial charge in [0.05, 0.1) is 42.8 Å². The summed E-state index contributed by atoms with van der Waals surface area (Å²) < 4.78 is 36.1. The van der Waals surface area contributed by atoms with E-state index in [0.29, 0.717) is 43.8 Å². The number of carbonyl (C=O) groups excluding carboxylic acids is 1. The number of amides is 1. The van der Waals surface area contributed by atoms with Gasteiger partial charge in [-0.25, -0.2) is 29.1 Å². The molecular weight excluding hydrogens is 555 g/mol. The molecule has 0 unspecified atom stereocenters. The van der Waals surface area contributed by atoms with Crippen molar-refractivity contribution in [2.75, 3.05) is 32.2 Å². The van der Waals surface area contributed by atoms with Crippen LogP contribution < -0.4 is 19.5 Å². The summed E-state index contributed by atoms with van der Waals surface area (Å²) in [5, 5.41) is 11.9. The number of nitrogens with zero attached hydrogens (tertiary/aromatic N) is 5. The number of aryl methyl sites for hydroxylation is 1. The van der Waals surface area contributed by atoms with E-state index < -0.39 is 18.0 Å². The zero-order valence-corrected chi connectivity index (χ0v) is 23.1. The van der Waals surface area contributed by atoms with E-state index >= 15 is 0 Å². The van der Waals surface area contributed by atoms with Crippen molar-refractivity contribution in [1.82, 2.24) is 24.9 Å². The van der Waals surface area contributed by atoms with Crippen LogP contribution in [0.3, 0.4) is 0 Å². The van der Waals surface area contributed by atoms with Gasteiger partial charge in [-0.05, 0) is 37.6 Å². The van der Waals surface area contributed by atoms with Crippen molar-refractivity contribution in [2.45, 2.75) is 20.0 Å². The number of hydrogen-bond donors (Lipinski definition) is 2. The number of halogens is 1. The number of hydrogen-bond acceptors (Lipinski definition) is 12. The third kappa shape index (κ3) is 6.56. The molecule has 0 aliphatic carbocycles. The number of aliphatic hydroxyl groups excluding tert-OH is 1. The quantitative estimate of drug-likeness (QED) is 0.240. The van der Waals surface area contributed by atoms with Gasteiger partial charge in [0.1, 0.15) is 34.7 Å². The first kappa shape index (κ1) is 27.9. The molecule has 5 rings (SSSR count). The molecule has 0 bridgehead atoms. The second kappa shape index (κ2) is 12.2. The molecule has 0 saturated carbocycles. The maximum Gasteiger partial charge on any atom is 0.411 e. The maximum absolute atomic E-state index is 14.9. The second-order valence-corrected chi connectivity index (χ2v) is 9.80. The van der Waals surface area contributed by atoms with Crippen LogP contribution in [0.25, 0.3) is 32.0 Å². The minimum Gasteiger partial charge on any atom is -0.480 e. The van der Waals surface area contributed by atoms with Gasteiger partial charge in [-0.1, -0.05) is 11.3 Å². The van der Waals surface area contributed by atoms with Crippen LogP contribution in [0.4, 0.5) is 14.9 Å². The number of methoxy groups -OCH3 is 1. The monoisotopic (exact) mass is 580 g/mol. The van der Waals surface area contributed by atoms with Gasteiger partial charge in [0.15, 0.2) is 5.82 Å². The number of pyridine rings is 2. The SMILES string of the molecule is COc1cnc2c(-c3nc4cc(F)c(O[C@@H](C)COC(=O)Nc5ccc(OCCO)nc5)nc4s3)cc(C)cc2n1. The third-order valence-corrected chi connectivity index (χ3v) is 6.60. The summed E-state index contributed by atoms with van der Waals surface area (Å²) in [5.74, 6) is -0.221. The molecule has 14 heteroatoms. The van der Waals surface area contributed by atoms with Crippen molar-refractivity contribution in [1.29, 1.82) is 0 Å². The van der Waals surface area contributed by atoms with Gasteiger partial charge in [-0.3, -0.25) is 5.32 Å². The molecule has 0 saturated heterocycles. The number of ether oxygens (including phenoxy) is 4. The largest absolute Gasteiger partial charge is 0.480 e. The highest BCUT2D eigenvalue weighted by atomic mass is 32.1. The van der Waals surface area contributed by atoms with E-state index in [2.05, 4.69) is 30.2 Å². The molecule has 212 valence electrons. The molecule has 0 fully saturated rings. The molecular formula is C27H25FN6O6S. The van der Waals surface area contributed by atoms with E-state index in [-0.39, 0.29) is 25.7 Å². The fraction of sp³-hybridized carbons (Fsp3) is 0.259. The van der Waals surface area contributed by atoms with Crippen LogP contribution in [0.2, 0.25) is 0 Å². The number of carbonyl (C=O) groups is 1. The summed E-state index contributed by atoms with van der Waals surface area (Å²) in [7, 11) is 1.53. The van der Waals surface area contributed by atoms with Crippen molar-refractivity contribution < 1.29 is 33.2 Å². The Hall–Kier alpha value is -4.69. The fourth-order valence-electron chi connectivity index (χ4n) is 3.79. The Balaban J connectivity index is 1.25. The van der Waals surface area contributed by atoms with Crippen LogP contribution >= 0.6 is 11.3 Å². The normalized spacial score (nSPS) is 11.8. The number of benzene rings is 1. The zero-order chi connectivity index (χ0) is 28.9. The van der Waals surface area contributed by atoms with Crippen LogP contribution in [-0.2, 0) is 4.74 Å². The average molecular weight is 581 g/mol. The zero-order valence-electron chi connectivity index (χ0n) is 22.3. The number of fused-ring (bicyclic) bond motifs is 2. The topological polar surface area (TPSA) is 151 Å². The molecule has 0 radical (unpaired) electrons. The van der Waals surface area contributed by atoms with Crippen LogP contribution in [0.5, 0.6) is 17.6 Å². The van der Waals surface area contributed by atoms with E-state index in [1.165, 1.54) is 36.9 Å². The minimum atomic E-state index is -0.742. The van der Waals surface area contributed by atoms with Gasteiger partial charge in [0.2, 0.25) is 11.8 Å². The third-order valence-electron chi connectivity index (χ3n) is 5.60. The number of rotatable bonds is 10. The Bertz CT molecular complexity index is 1700. The first-order valence-corrected chi connectivity index (χ1v) is 13.2. The van der Waals surface area contributed by atoms with E-state index in [4.69, 9.17) is 24.1 Å². The number of thiazole rings is 1. The smallest absolute Gasteiger partial charge is 0.411 e. The first-order valence-electron chi connectivity index (χ1n) is 12.4. The lowest BCUT2D eigenvalue weighted by atomic mass is 10.1. The Labute approximate surface area is 237 Å². The molecule has 41 heavy (non-hydrogen) atoms. The lowest BCUT2D eigenvalue weighted by Gasteiger charge is -2.15. The van der Waals surface area contributed by atoms with Crippen molar-refractivity contribution in [3.8, 4) is 28.2 Å². The summed E-state index contributed by atoms with van der Waals surface area (Å²) in [6.45, 7) is 3.37. The maximum atomic E-state index is 14.9. The molecule has 5 aromatic rings. The predicted molar refractivity (Wildman–Crippen MR) is 149 cm³/mol. The van der Waals surface area contributed by atoms with Crippen LogP contribution in [0.1, 0.15) is 12.5 Å². The van der Waals surface area contributed by atoms with Gasteiger partial charge < -0.3 is 24.1 Å². The van der Waals surface area contributed by atoms with Gasteiger partial charge in [-0.15, -0.1) is 0 Å². The standard InChI is InChI=1S/C27H25FN6O6S/c1-14-8-17(23-19(9-14)32-22(37-3)12-30-23)25-33-20-10-18(28)24(34-26(20)41-25)40-15(2)13-39-27(36)31-16-4-5-21(29-11-16)38-7-6-35/h4-5,8-12,15,35H,6-7,13H2,1-3H3,(H,31,36)/t15-/m0/s1. The Morgan fingerprint density at radius 3 is 2.71 bits per heavy atom. The highest BCUT2D eigenvalue weighted by Crippen LogP contribution is 2.35. The second-order valence-electron chi connectivity index (χ2n) is 8.82. The number of aliphatic hydroxyl groups is 1. The van der Waals surface area contributed by atoms with E-state index in [0.717, 1.165) is 11.1 Å². The summed E-state index contributed by atoms with van der Waals surface area (Å²) in [4.78, 5) is 34.5. The number of aromatic nitrogens is 5. The van der Waals surface area contributed by atoms with Crippen molar-refractivity contribution in [3.63, 3.8) is 0 Å². The number of nitrogens with one attached hydrogen (secondary N) is 1. The Morgan fingerprint density at radius 2 is 1.95 bits per heavy atom. The molecule has 4 heterocycles. The van der Waals surface area contributed by atoms with Crippen LogP contribution in [-0.4, -0.2) is 69.2 Å². The molecule has 12 nitrogen and oxygen atoms in total. The Morgan fingerprint density at radius 1 is 1.10 bits per heavy atom. The molecule has 0 aliphatic rings. The average Bonchev–Trinajstić information content (AvgIpc) is 3.37.